The zero-order valence-electron chi connectivity index (χ0n) is 61.8. The van der Waals surface area contributed by atoms with Crippen molar-refractivity contribution in [2.24, 2.45) is 0 Å². The molecule has 6 heterocycles. The molecule has 0 aliphatic rings. The van der Waals surface area contributed by atoms with E-state index in [4.69, 9.17) is 11.6 Å². The van der Waals surface area contributed by atoms with Crippen molar-refractivity contribution in [2.75, 3.05) is 0 Å². The largest absolute Gasteiger partial charge is 0.506 e. The highest BCUT2D eigenvalue weighted by Crippen LogP contribution is 2.36. The van der Waals surface area contributed by atoms with Crippen LogP contribution in [0.5, 0.6) is 34.5 Å². The quantitative estimate of drug-likeness (QED) is 0.0801. The van der Waals surface area contributed by atoms with Crippen molar-refractivity contribution in [3.05, 3.63) is 281 Å². The molecule has 6 N–H and O–H groups in total. The molecular formula is C89H95ClN6O6. The van der Waals surface area contributed by atoms with E-state index < -0.39 is 0 Å². The maximum atomic E-state index is 10.0. The first-order valence-corrected chi connectivity index (χ1v) is 35.4. The first-order valence-electron chi connectivity index (χ1n) is 35.1. The van der Waals surface area contributed by atoms with E-state index in [1.807, 2.05) is 127 Å². The second-order valence-corrected chi connectivity index (χ2v) is 26.9. The lowest BCUT2D eigenvalue weighted by atomic mass is 9.86. The molecule has 14 rings (SSSR count). The molecule has 0 radical (unpaired) electrons. The van der Waals surface area contributed by atoms with Gasteiger partial charge in [0.05, 0.1) is 67.3 Å². The third-order valence-corrected chi connectivity index (χ3v) is 18.8. The number of benzene rings is 8. The number of fused-ring (bicyclic) bond motifs is 6. The normalized spacial score (nSPS) is 10.9. The Morgan fingerprint density at radius 3 is 1.34 bits per heavy atom. The Bertz CT molecular complexity index is 5330. The Morgan fingerprint density at radius 1 is 0.294 bits per heavy atom. The van der Waals surface area contributed by atoms with Gasteiger partial charge in [-0.3, -0.25) is 0 Å². The summed E-state index contributed by atoms with van der Waals surface area (Å²) in [6.45, 7) is 32.1. The van der Waals surface area contributed by atoms with Gasteiger partial charge in [0, 0.05) is 42.9 Å². The summed E-state index contributed by atoms with van der Waals surface area (Å²) >= 11 is 5.89. The van der Waals surface area contributed by atoms with E-state index in [-0.39, 0.29) is 23.0 Å². The third-order valence-electron chi connectivity index (χ3n) is 18.6. The molecule has 14 aromatic rings. The van der Waals surface area contributed by atoms with Gasteiger partial charge in [-0.15, -0.1) is 0 Å². The van der Waals surface area contributed by atoms with E-state index in [1.54, 1.807) is 32.0 Å². The summed E-state index contributed by atoms with van der Waals surface area (Å²) in [5, 5.41) is 65.2. The number of hydrogen-bond donors (Lipinski definition) is 6. The number of aromatic hydroxyl groups is 6. The smallest absolute Gasteiger partial charge is 0.140 e. The van der Waals surface area contributed by atoms with Crippen molar-refractivity contribution in [1.29, 1.82) is 0 Å². The van der Waals surface area contributed by atoms with E-state index in [2.05, 4.69) is 145 Å². The number of halogens is 1. The molecule has 0 spiro atoms. The summed E-state index contributed by atoms with van der Waals surface area (Å²) in [7, 11) is 0. The second kappa shape index (κ2) is 33.7. The average Bonchev–Trinajstić information content (AvgIpc) is 0.729. The summed E-state index contributed by atoms with van der Waals surface area (Å²) in [6.07, 6.45) is 6.78. The zero-order valence-corrected chi connectivity index (χ0v) is 62.5. The van der Waals surface area contributed by atoms with Crippen LogP contribution in [0.25, 0.3) is 65.4 Å². The fourth-order valence-corrected chi connectivity index (χ4v) is 13.2. The van der Waals surface area contributed by atoms with Crippen molar-refractivity contribution in [2.45, 2.75) is 156 Å². The highest BCUT2D eigenvalue weighted by Gasteiger charge is 2.19. The molecule has 0 bridgehead atoms. The maximum absolute atomic E-state index is 10.0. The van der Waals surface area contributed by atoms with Gasteiger partial charge in [0.15, 0.2) is 0 Å². The Hall–Kier alpha value is -10.7. The van der Waals surface area contributed by atoms with Crippen molar-refractivity contribution in [3.63, 3.8) is 0 Å². The van der Waals surface area contributed by atoms with Crippen LogP contribution in [0.1, 0.15) is 147 Å². The zero-order chi connectivity index (χ0) is 73.8. The van der Waals surface area contributed by atoms with Crippen LogP contribution in [0.4, 0.5) is 0 Å². The van der Waals surface area contributed by atoms with Crippen molar-refractivity contribution in [1.82, 2.24) is 29.9 Å². The predicted octanol–water partition coefficient (Wildman–Crippen LogP) is 21.7. The van der Waals surface area contributed by atoms with E-state index in [9.17, 15) is 30.6 Å². The highest BCUT2D eigenvalue weighted by molar-refractivity contribution is 6.30. The van der Waals surface area contributed by atoms with Crippen LogP contribution in [-0.4, -0.2) is 60.5 Å². The Kier molecular flexibility index (Phi) is 24.9. The van der Waals surface area contributed by atoms with Crippen molar-refractivity contribution in [3.8, 4) is 34.5 Å². The molecule has 0 atom stereocenters. The van der Waals surface area contributed by atoms with Crippen LogP contribution < -0.4 is 0 Å². The van der Waals surface area contributed by atoms with Crippen molar-refractivity contribution < 1.29 is 30.6 Å². The van der Waals surface area contributed by atoms with Gasteiger partial charge < -0.3 is 30.6 Å². The van der Waals surface area contributed by atoms with Crippen molar-refractivity contribution >= 4 is 77.0 Å². The van der Waals surface area contributed by atoms with E-state index in [1.165, 1.54) is 72.3 Å². The molecule has 0 amide bonds. The third kappa shape index (κ3) is 18.3. The van der Waals surface area contributed by atoms with Crippen LogP contribution in [0, 0.1) is 76.2 Å². The van der Waals surface area contributed by atoms with Gasteiger partial charge in [-0.2, -0.15) is 0 Å². The first-order chi connectivity index (χ1) is 48.7. The second-order valence-electron chi connectivity index (χ2n) is 26.4. The van der Waals surface area contributed by atoms with Crippen LogP contribution in [0.3, 0.4) is 0 Å². The minimum atomic E-state index is 0.239. The van der Waals surface area contributed by atoms with Gasteiger partial charge in [0.2, 0.25) is 0 Å². The molecule has 0 saturated heterocycles. The molecule has 0 aliphatic heterocycles. The van der Waals surface area contributed by atoms with Crippen LogP contribution >= 0.6 is 11.6 Å². The monoisotopic (exact) mass is 1380 g/mol. The number of aromatic nitrogens is 6. The van der Waals surface area contributed by atoms with E-state index >= 15 is 0 Å². The van der Waals surface area contributed by atoms with Gasteiger partial charge in [-0.1, -0.05) is 136 Å². The Balaban J connectivity index is 0.000000143. The van der Waals surface area contributed by atoms with Gasteiger partial charge in [0.1, 0.15) is 34.5 Å². The number of rotatable bonds is 9. The fraction of sp³-hybridized carbons (Fsp3) is 0.258. The summed E-state index contributed by atoms with van der Waals surface area (Å²) in [6, 6.07) is 54.1. The molecule has 13 heteroatoms. The minimum Gasteiger partial charge on any atom is -0.506 e. The summed E-state index contributed by atoms with van der Waals surface area (Å²) < 4.78 is 0. The van der Waals surface area contributed by atoms with Gasteiger partial charge >= 0.3 is 0 Å². The average molecular weight is 1380 g/mol. The lowest BCUT2D eigenvalue weighted by Crippen LogP contribution is -2.06. The van der Waals surface area contributed by atoms with Gasteiger partial charge in [-0.25, -0.2) is 29.9 Å². The molecule has 0 saturated carbocycles. The molecule has 102 heavy (non-hydrogen) atoms. The SMILES string of the molecule is CCc1c(CC)c(CC)c2nc(C)c(O)cc2c1CC.CCc1cc(C)cc2nc(C)c(O)cc12.Cc1ccc2nc(C)c(O)c(C)c2c1.Cc1ccc2nc(C)c(O)cc2c1.Cc1cccc(Cc2ccc3nc(C)c(O)cc3c2)c1.Cc1nc2cc(Cc3ccc(Cl)cc3)ccc2cc1O. The molecular weight excluding hydrogens is 1280 g/mol. The fourth-order valence-electron chi connectivity index (χ4n) is 13.0. The predicted molar refractivity (Wildman–Crippen MR) is 423 cm³/mol. The molecule has 12 nitrogen and oxygen atoms in total. The molecule has 8 aromatic carbocycles. The molecule has 0 unspecified atom stereocenters. The first kappa shape index (κ1) is 75.5. The molecule has 0 aliphatic carbocycles. The summed E-state index contributed by atoms with van der Waals surface area (Å²) in [5.41, 5.74) is 27.5. The standard InChI is InChI=1S/C18H17NO.C18H25NO.C17H14ClNO.C13H15NO.C12H13NO.C11H11NO/c1-12-4-3-5-14(8-12)9-15-6-7-17-16(10-15)11-18(20)13(2)19-17;1-6-12-13(7-2)15(9-4)18-16(14(12)8-3)10-17(20)11(5)19-18;1-11-17(20)10-14-5-2-13(9-16(14)19-11)8-12-3-6-15(18)7-4-12;1-4-10-5-8(2)6-12-11(10)7-13(15)9(3)14-12;1-7-4-5-11-10(6-7)8(2)12(14)9(3)13-11;1-7-3-4-10-9(5-7)6-11(13)8(2)12-10/h3-8,10-11,20H,9H2,1-2H3;10,20H,6-9H2,1-5H3;2-7,9-10,20H,8H2,1H3;5-7,15H,4H2,1-3H3;4-6,14H,1-3H3;3-6,13H,1-2H3. The number of aryl methyl sites for hydroxylation is 14. The number of hydrogen-bond acceptors (Lipinski definition) is 12. The minimum absolute atomic E-state index is 0.239. The van der Waals surface area contributed by atoms with E-state index in [0.717, 1.165) is 127 Å². The Labute approximate surface area is 605 Å². The van der Waals surface area contributed by atoms with Crippen LogP contribution in [-0.2, 0) is 44.9 Å². The number of nitrogens with zero attached hydrogens (tertiary/aromatic N) is 6. The molecule has 524 valence electrons. The topological polar surface area (TPSA) is 199 Å². The van der Waals surface area contributed by atoms with E-state index in [0.29, 0.717) is 40.0 Å². The summed E-state index contributed by atoms with van der Waals surface area (Å²) in [4.78, 5) is 26.5. The highest BCUT2D eigenvalue weighted by atomic mass is 35.5. The maximum Gasteiger partial charge on any atom is 0.140 e. The lowest BCUT2D eigenvalue weighted by Gasteiger charge is -2.20. The van der Waals surface area contributed by atoms with Crippen LogP contribution in [0.15, 0.2) is 164 Å². The molecule has 0 fully saturated rings. The van der Waals surface area contributed by atoms with Gasteiger partial charge in [0.25, 0.3) is 0 Å². The Morgan fingerprint density at radius 2 is 0.745 bits per heavy atom. The summed E-state index contributed by atoms with van der Waals surface area (Å²) in [5.74, 6) is 1.65. The number of pyridine rings is 6. The van der Waals surface area contributed by atoms with Crippen LogP contribution in [0.2, 0.25) is 5.02 Å². The molecule has 6 aromatic heterocycles. The lowest BCUT2D eigenvalue weighted by molar-refractivity contribution is 0.465. The van der Waals surface area contributed by atoms with Gasteiger partial charge in [-0.05, 0) is 268 Å².